The van der Waals surface area contributed by atoms with Gasteiger partial charge in [-0.3, -0.25) is 0 Å². The number of rotatable bonds is 10. The molecule has 2 aliphatic heterocycles. The summed E-state index contributed by atoms with van der Waals surface area (Å²) in [7, 11) is 6.64. The van der Waals surface area contributed by atoms with Gasteiger partial charge in [0.1, 0.15) is 40.5 Å². The SMILES string of the molecule is COc1cccc(C2N=C(C(C)(C)C3=NC(c4cccc(OC)c4)C(c4cccc(OC)c4)O3)OC2c2cccc(OC)c2)c1. The normalized spacial score (nSPS) is 20.8. The van der Waals surface area contributed by atoms with E-state index in [2.05, 4.69) is 0 Å². The number of hydrogen-bond donors (Lipinski definition) is 0. The van der Waals surface area contributed by atoms with Crippen molar-refractivity contribution in [2.75, 3.05) is 28.4 Å². The van der Waals surface area contributed by atoms with E-state index in [0.29, 0.717) is 11.8 Å². The van der Waals surface area contributed by atoms with Gasteiger partial charge >= 0.3 is 0 Å². The zero-order chi connectivity index (χ0) is 31.6. The Morgan fingerprint density at radius 1 is 0.489 bits per heavy atom. The fourth-order valence-electron chi connectivity index (χ4n) is 5.81. The molecular formula is C37H38N2O6. The average molecular weight is 607 g/mol. The fraction of sp³-hybridized carbons (Fsp3) is 0.297. The second-order valence-corrected chi connectivity index (χ2v) is 11.6. The topological polar surface area (TPSA) is 80.1 Å². The first-order valence-electron chi connectivity index (χ1n) is 14.9. The van der Waals surface area contributed by atoms with Crippen LogP contribution in [0.4, 0.5) is 0 Å². The molecule has 0 saturated heterocycles. The highest BCUT2D eigenvalue weighted by Crippen LogP contribution is 2.49. The van der Waals surface area contributed by atoms with E-state index in [-0.39, 0.29) is 12.1 Å². The maximum absolute atomic E-state index is 6.77. The first-order valence-corrected chi connectivity index (χ1v) is 14.9. The predicted molar refractivity (Wildman–Crippen MR) is 174 cm³/mol. The quantitative estimate of drug-likeness (QED) is 0.183. The summed E-state index contributed by atoms with van der Waals surface area (Å²) in [5.74, 6) is 4.09. The lowest BCUT2D eigenvalue weighted by Gasteiger charge is -2.26. The van der Waals surface area contributed by atoms with Gasteiger partial charge in [-0.2, -0.15) is 0 Å². The molecule has 232 valence electrons. The fourth-order valence-corrected chi connectivity index (χ4v) is 5.81. The third-order valence-electron chi connectivity index (χ3n) is 8.35. The van der Waals surface area contributed by atoms with Crippen molar-refractivity contribution in [1.29, 1.82) is 0 Å². The Hall–Kier alpha value is -4.98. The van der Waals surface area contributed by atoms with Gasteiger partial charge in [0, 0.05) is 0 Å². The lowest BCUT2D eigenvalue weighted by Crippen LogP contribution is -2.34. The number of aliphatic imine (C=N–C) groups is 2. The second-order valence-electron chi connectivity index (χ2n) is 11.6. The van der Waals surface area contributed by atoms with E-state index in [9.17, 15) is 0 Å². The van der Waals surface area contributed by atoms with Crippen LogP contribution in [0, 0.1) is 5.41 Å². The maximum atomic E-state index is 6.77. The van der Waals surface area contributed by atoms with Crippen molar-refractivity contribution in [2.24, 2.45) is 15.4 Å². The van der Waals surface area contributed by atoms with Crippen molar-refractivity contribution < 1.29 is 28.4 Å². The van der Waals surface area contributed by atoms with Gasteiger partial charge in [-0.25, -0.2) is 9.98 Å². The van der Waals surface area contributed by atoms with Crippen LogP contribution in [0.15, 0.2) is 107 Å². The van der Waals surface area contributed by atoms with Crippen molar-refractivity contribution in [1.82, 2.24) is 0 Å². The molecule has 8 nitrogen and oxygen atoms in total. The molecule has 8 heteroatoms. The highest BCUT2D eigenvalue weighted by atomic mass is 16.5. The summed E-state index contributed by atoms with van der Waals surface area (Å²) in [5, 5.41) is 0. The zero-order valence-electron chi connectivity index (χ0n) is 26.4. The molecule has 45 heavy (non-hydrogen) atoms. The molecule has 4 aromatic carbocycles. The minimum absolute atomic E-state index is 0.327. The Bertz CT molecular complexity index is 1610. The van der Waals surface area contributed by atoms with Crippen molar-refractivity contribution in [3.63, 3.8) is 0 Å². The van der Waals surface area contributed by atoms with Crippen LogP contribution in [-0.4, -0.2) is 40.2 Å². The van der Waals surface area contributed by atoms with Crippen LogP contribution in [0.2, 0.25) is 0 Å². The van der Waals surface area contributed by atoms with Crippen LogP contribution < -0.4 is 18.9 Å². The molecule has 2 heterocycles. The van der Waals surface area contributed by atoms with Crippen LogP contribution in [0.25, 0.3) is 0 Å². The van der Waals surface area contributed by atoms with E-state index >= 15 is 0 Å². The molecule has 0 fully saturated rings. The Morgan fingerprint density at radius 2 is 0.800 bits per heavy atom. The molecule has 4 atom stereocenters. The first-order chi connectivity index (χ1) is 21.8. The third kappa shape index (κ3) is 5.92. The largest absolute Gasteiger partial charge is 0.497 e. The molecule has 6 rings (SSSR count). The third-order valence-corrected chi connectivity index (χ3v) is 8.35. The number of hydrogen-bond acceptors (Lipinski definition) is 8. The lowest BCUT2D eigenvalue weighted by atomic mass is 9.93. The van der Waals surface area contributed by atoms with Gasteiger partial charge in [0.05, 0.1) is 28.4 Å². The molecule has 0 aliphatic carbocycles. The maximum Gasteiger partial charge on any atom is 0.200 e. The number of methoxy groups -OCH3 is 4. The van der Waals surface area contributed by atoms with Crippen molar-refractivity contribution >= 4 is 11.8 Å². The molecular weight excluding hydrogens is 568 g/mol. The summed E-state index contributed by atoms with van der Waals surface area (Å²) >= 11 is 0. The van der Waals surface area contributed by atoms with Gasteiger partial charge in [0.25, 0.3) is 0 Å². The van der Waals surface area contributed by atoms with E-state index in [1.54, 1.807) is 28.4 Å². The summed E-state index contributed by atoms with van der Waals surface area (Å²) in [5.41, 5.74) is 3.07. The Kier molecular flexibility index (Phi) is 8.39. The second kappa shape index (κ2) is 12.6. The van der Waals surface area contributed by atoms with E-state index < -0.39 is 17.6 Å². The molecule has 2 aliphatic rings. The Morgan fingerprint density at radius 3 is 1.13 bits per heavy atom. The van der Waals surface area contributed by atoms with Gasteiger partial charge in [-0.15, -0.1) is 0 Å². The van der Waals surface area contributed by atoms with E-state index in [0.717, 1.165) is 45.3 Å². The molecule has 0 bridgehead atoms. The molecule has 4 unspecified atom stereocenters. The van der Waals surface area contributed by atoms with Crippen LogP contribution in [0.5, 0.6) is 23.0 Å². The summed E-state index contributed by atoms with van der Waals surface area (Å²) < 4.78 is 35.7. The van der Waals surface area contributed by atoms with Gasteiger partial charge in [0.15, 0.2) is 24.0 Å². The standard InChI is InChI=1S/C37H38N2O6/c1-37(2,35-38-31(23-11-7-15-27(19-23)40-3)33(44-35)25-13-9-17-29(21-25)42-5)36-39-32(24-12-8-16-28(20-24)41-4)34(45-36)26-14-10-18-30(22-26)43-6/h7-22,31-34H,1-6H3. The Balaban J connectivity index is 1.41. The van der Waals surface area contributed by atoms with Gasteiger partial charge in [0.2, 0.25) is 0 Å². The smallest absolute Gasteiger partial charge is 0.200 e. The monoisotopic (exact) mass is 606 g/mol. The molecule has 0 aromatic heterocycles. The van der Waals surface area contributed by atoms with Crippen LogP contribution >= 0.6 is 0 Å². The number of ether oxygens (including phenoxy) is 6. The van der Waals surface area contributed by atoms with Crippen LogP contribution in [0.3, 0.4) is 0 Å². The van der Waals surface area contributed by atoms with Crippen molar-refractivity contribution in [2.45, 2.75) is 38.1 Å². The molecule has 0 amide bonds. The highest BCUT2D eigenvalue weighted by molar-refractivity contribution is 6.05. The lowest BCUT2D eigenvalue weighted by molar-refractivity contribution is 0.161. The summed E-state index contributed by atoms with van der Waals surface area (Å²) in [4.78, 5) is 10.4. The zero-order valence-corrected chi connectivity index (χ0v) is 26.4. The van der Waals surface area contributed by atoms with E-state index in [1.165, 1.54) is 0 Å². The summed E-state index contributed by atoms with van der Waals surface area (Å²) in [6.07, 6.45) is -0.793. The molecule has 0 saturated carbocycles. The van der Waals surface area contributed by atoms with Crippen LogP contribution in [0.1, 0.15) is 60.4 Å². The molecule has 0 radical (unpaired) electrons. The molecule has 0 N–H and O–H groups in total. The van der Waals surface area contributed by atoms with Crippen molar-refractivity contribution in [3.8, 4) is 23.0 Å². The van der Waals surface area contributed by atoms with Gasteiger partial charge in [-0.05, 0) is 84.6 Å². The van der Waals surface area contributed by atoms with E-state index in [1.807, 2.05) is 111 Å². The number of benzene rings is 4. The van der Waals surface area contributed by atoms with Gasteiger partial charge in [-0.1, -0.05) is 48.5 Å². The predicted octanol–water partition coefficient (Wildman–Crippen LogP) is 7.87. The number of nitrogens with zero attached hydrogens (tertiary/aromatic N) is 2. The van der Waals surface area contributed by atoms with Crippen molar-refractivity contribution in [3.05, 3.63) is 119 Å². The summed E-state index contributed by atoms with van der Waals surface area (Å²) in [6, 6.07) is 31.0. The average Bonchev–Trinajstić information content (AvgIpc) is 3.76. The highest BCUT2D eigenvalue weighted by Gasteiger charge is 2.48. The summed E-state index contributed by atoms with van der Waals surface area (Å²) in [6.45, 7) is 4.08. The van der Waals surface area contributed by atoms with Crippen LogP contribution in [-0.2, 0) is 9.47 Å². The minimum atomic E-state index is -0.796. The minimum Gasteiger partial charge on any atom is -0.497 e. The first kappa shape index (κ1) is 30.1. The van der Waals surface area contributed by atoms with Gasteiger partial charge < -0.3 is 28.4 Å². The molecule has 4 aromatic rings. The Labute approximate surface area is 264 Å². The molecule has 0 spiro atoms. The van der Waals surface area contributed by atoms with E-state index in [4.69, 9.17) is 38.4 Å².